The van der Waals surface area contributed by atoms with E-state index in [1.807, 2.05) is 36.1 Å². The Morgan fingerprint density at radius 1 is 1.11 bits per heavy atom. The summed E-state index contributed by atoms with van der Waals surface area (Å²) in [7, 11) is -1.29. The van der Waals surface area contributed by atoms with Crippen molar-refractivity contribution in [1.29, 1.82) is 0 Å². The van der Waals surface area contributed by atoms with Crippen molar-refractivity contribution in [1.82, 2.24) is 9.80 Å². The van der Waals surface area contributed by atoms with E-state index in [1.54, 1.807) is 11.9 Å². The van der Waals surface area contributed by atoms with E-state index in [-0.39, 0.29) is 35.3 Å². The van der Waals surface area contributed by atoms with E-state index in [0.29, 0.717) is 38.8 Å². The molecule has 2 fully saturated rings. The summed E-state index contributed by atoms with van der Waals surface area (Å²) < 4.78 is 23.3. The lowest BCUT2D eigenvalue weighted by Gasteiger charge is -2.34. The van der Waals surface area contributed by atoms with Gasteiger partial charge in [0.15, 0.2) is 9.84 Å². The highest BCUT2D eigenvalue weighted by Crippen LogP contribution is 2.24. The minimum Gasteiger partial charge on any atom is -0.342 e. The SMILES string of the molecule is Cc1ccc(CC(=O)N2CCC(C(=O)N(C)C3CCS(=O)(=O)C3)CC2)cc1. The number of benzene rings is 1. The smallest absolute Gasteiger partial charge is 0.226 e. The minimum atomic E-state index is -3.00. The van der Waals surface area contributed by atoms with Gasteiger partial charge < -0.3 is 9.80 Å². The van der Waals surface area contributed by atoms with Crippen LogP contribution in [0.2, 0.25) is 0 Å². The maximum Gasteiger partial charge on any atom is 0.226 e. The molecule has 2 heterocycles. The molecule has 2 saturated heterocycles. The third-order valence-corrected chi connectivity index (χ3v) is 7.53. The molecule has 3 rings (SSSR count). The van der Waals surface area contributed by atoms with Gasteiger partial charge in [-0.15, -0.1) is 0 Å². The van der Waals surface area contributed by atoms with E-state index in [4.69, 9.17) is 0 Å². The molecule has 0 N–H and O–H groups in total. The van der Waals surface area contributed by atoms with Crippen LogP contribution in [0.15, 0.2) is 24.3 Å². The van der Waals surface area contributed by atoms with Crippen molar-refractivity contribution >= 4 is 21.7 Å². The average Bonchev–Trinajstić information content (AvgIpc) is 3.02. The van der Waals surface area contributed by atoms with E-state index in [2.05, 4.69) is 0 Å². The summed E-state index contributed by atoms with van der Waals surface area (Å²) >= 11 is 0. The highest BCUT2D eigenvalue weighted by atomic mass is 32.2. The number of amides is 2. The predicted molar refractivity (Wildman–Crippen MR) is 104 cm³/mol. The first-order valence-corrected chi connectivity index (χ1v) is 11.4. The van der Waals surface area contributed by atoms with Crippen molar-refractivity contribution in [3.8, 4) is 0 Å². The zero-order chi connectivity index (χ0) is 19.6. The monoisotopic (exact) mass is 392 g/mol. The average molecular weight is 393 g/mol. The number of likely N-dealkylation sites (tertiary alicyclic amines) is 1. The van der Waals surface area contributed by atoms with Gasteiger partial charge in [-0.3, -0.25) is 9.59 Å². The van der Waals surface area contributed by atoms with Crippen LogP contribution in [0, 0.1) is 12.8 Å². The van der Waals surface area contributed by atoms with Gasteiger partial charge in [-0.25, -0.2) is 8.42 Å². The normalized spacial score (nSPS) is 22.6. The molecule has 2 aliphatic rings. The maximum atomic E-state index is 12.7. The molecule has 2 amide bonds. The largest absolute Gasteiger partial charge is 0.342 e. The van der Waals surface area contributed by atoms with Crippen molar-refractivity contribution < 1.29 is 18.0 Å². The maximum absolute atomic E-state index is 12.7. The lowest BCUT2D eigenvalue weighted by atomic mass is 9.94. The fraction of sp³-hybridized carbons (Fsp3) is 0.600. The Morgan fingerprint density at radius 3 is 2.30 bits per heavy atom. The molecule has 148 valence electrons. The van der Waals surface area contributed by atoms with Crippen LogP contribution in [0.4, 0.5) is 0 Å². The van der Waals surface area contributed by atoms with Crippen LogP contribution >= 0.6 is 0 Å². The number of sulfone groups is 1. The van der Waals surface area contributed by atoms with E-state index < -0.39 is 9.84 Å². The molecule has 27 heavy (non-hydrogen) atoms. The second-order valence-corrected chi connectivity index (χ2v) is 10.1. The van der Waals surface area contributed by atoms with E-state index in [0.717, 1.165) is 5.56 Å². The number of aryl methyl sites for hydroxylation is 1. The first kappa shape index (κ1) is 19.9. The summed E-state index contributed by atoms with van der Waals surface area (Å²) in [5.41, 5.74) is 2.18. The highest BCUT2D eigenvalue weighted by molar-refractivity contribution is 7.91. The summed E-state index contributed by atoms with van der Waals surface area (Å²) in [5, 5.41) is 0. The third kappa shape index (κ3) is 4.89. The number of rotatable bonds is 4. The van der Waals surface area contributed by atoms with Crippen molar-refractivity contribution in [2.45, 2.75) is 38.6 Å². The first-order valence-electron chi connectivity index (χ1n) is 9.55. The molecule has 2 aliphatic heterocycles. The summed E-state index contributed by atoms with van der Waals surface area (Å²) in [6, 6.07) is 7.77. The van der Waals surface area contributed by atoms with Crippen LogP contribution in [0.1, 0.15) is 30.4 Å². The fourth-order valence-corrected chi connectivity index (χ4v) is 5.69. The fourth-order valence-electron chi connectivity index (χ4n) is 3.92. The number of hydrogen-bond donors (Lipinski definition) is 0. The zero-order valence-corrected chi connectivity index (χ0v) is 16.9. The molecule has 0 spiro atoms. The molecule has 0 radical (unpaired) electrons. The van der Waals surface area contributed by atoms with E-state index >= 15 is 0 Å². The van der Waals surface area contributed by atoms with Gasteiger partial charge in [0, 0.05) is 32.1 Å². The number of carbonyl (C=O) groups excluding carboxylic acids is 2. The minimum absolute atomic E-state index is 0.0164. The predicted octanol–water partition coefficient (Wildman–Crippen LogP) is 1.42. The first-order chi connectivity index (χ1) is 12.7. The number of piperidine rings is 1. The van der Waals surface area contributed by atoms with Crippen LogP contribution in [-0.2, 0) is 25.8 Å². The molecular formula is C20H28N2O4S. The van der Waals surface area contributed by atoms with Gasteiger partial charge in [-0.1, -0.05) is 29.8 Å². The lowest BCUT2D eigenvalue weighted by Crippen LogP contribution is -2.46. The standard InChI is InChI=1S/C20H28N2O4S/c1-15-3-5-16(6-4-15)13-19(23)22-10-7-17(8-11-22)20(24)21(2)18-9-12-27(25,26)14-18/h3-6,17-18H,7-14H2,1-2H3. The molecule has 0 saturated carbocycles. The quantitative estimate of drug-likeness (QED) is 0.777. The summed E-state index contributed by atoms with van der Waals surface area (Å²) in [5.74, 6) is 0.231. The molecular weight excluding hydrogens is 364 g/mol. The molecule has 7 heteroatoms. The van der Waals surface area contributed by atoms with E-state index in [1.165, 1.54) is 5.56 Å². The van der Waals surface area contributed by atoms with Crippen molar-refractivity contribution in [2.24, 2.45) is 5.92 Å². The molecule has 0 aliphatic carbocycles. The Kier molecular flexibility index (Phi) is 5.89. The van der Waals surface area contributed by atoms with Crippen LogP contribution in [0.25, 0.3) is 0 Å². The number of carbonyl (C=O) groups is 2. The van der Waals surface area contributed by atoms with Gasteiger partial charge in [-0.2, -0.15) is 0 Å². The Labute approximate surface area is 161 Å². The second kappa shape index (κ2) is 8.00. The highest BCUT2D eigenvalue weighted by Gasteiger charge is 2.36. The number of nitrogens with zero attached hydrogens (tertiary/aromatic N) is 2. The van der Waals surface area contributed by atoms with Crippen LogP contribution in [0.3, 0.4) is 0 Å². The molecule has 1 atom stereocenters. The van der Waals surface area contributed by atoms with Gasteiger partial charge in [-0.05, 0) is 31.7 Å². The Hall–Kier alpha value is -1.89. The van der Waals surface area contributed by atoms with Gasteiger partial charge in [0.1, 0.15) is 0 Å². The Morgan fingerprint density at radius 2 is 1.74 bits per heavy atom. The molecule has 0 bridgehead atoms. The van der Waals surface area contributed by atoms with Gasteiger partial charge in [0.2, 0.25) is 11.8 Å². The molecule has 1 aromatic carbocycles. The lowest BCUT2D eigenvalue weighted by molar-refractivity contribution is -0.140. The van der Waals surface area contributed by atoms with Gasteiger partial charge in [0.25, 0.3) is 0 Å². The van der Waals surface area contributed by atoms with E-state index in [9.17, 15) is 18.0 Å². The van der Waals surface area contributed by atoms with Gasteiger partial charge >= 0.3 is 0 Å². The van der Waals surface area contributed by atoms with Crippen molar-refractivity contribution in [3.63, 3.8) is 0 Å². The molecule has 1 unspecified atom stereocenters. The topological polar surface area (TPSA) is 74.8 Å². The molecule has 0 aromatic heterocycles. The third-order valence-electron chi connectivity index (χ3n) is 5.78. The molecule has 6 nitrogen and oxygen atoms in total. The Balaban J connectivity index is 1.50. The van der Waals surface area contributed by atoms with Crippen LogP contribution in [-0.4, -0.2) is 67.7 Å². The van der Waals surface area contributed by atoms with Gasteiger partial charge in [0.05, 0.1) is 17.9 Å². The second-order valence-electron chi connectivity index (χ2n) is 7.82. The summed E-state index contributed by atoms with van der Waals surface area (Å²) in [6.07, 6.45) is 2.20. The van der Waals surface area contributed by atoms with Crippen molar-refractivity contribution in [2.75, 3.05) is 31.6 Å². The van der Waals surface area contributed by atoms with Crippen molar-refractivity contribution in [3.05, 3.63) is 35.4 Å². The zero-order valence-electron chi connectivity index (χ0n) is 16.1. The van der Waals surface area contributed by atoms with Crippen LogP contribution in [0.5, 0.6) is 0 Å². The van der Waals surface area contributed by atoms with Crippen LogP contribution < -0.4 is 0 Å². The molecule has 1 aromatic rings. The summed E-state index contributed by atoms with van der Waals surface area (Å²) in [6.45, 7) is 3.18. The Bertz CT molecular complexity index is 796. The summed E-state index contributed by atoms with van der Waals surface area (Å²) in [4.78, 5) is 28.7. The number of hydrogen-bond acceptors (Lipinski definition) is 4.